The lowest BCUT2D eigenvalue weighted by Crippen LogP contribution is -2.42. The Bertz CT molecular complexity index is 664. The van der Waals surface area contributed by atoms with Gasteiger partial charge in [-0.25, -0.2) is 0 Å². The Morgan fingerprint density at radius 3 is 2.85 bits per heavy atom. The summed E-state index contributed by atoms with van der Waals surface area (Å²) in [4.78, 5) is 12.4. The van der Waals surface area contributed by atoms with Crippen LogP contribution < -0.4 is 4.74 Å². The van der Waals surface area contributed by atoms with E-state index in [2.05, 4.69) is 32.0 Å². The van der Waals surface area contributed by atoms with E-state index in [4.69, 9.17) is 4.74 Å². The number of carbonyl (C=O) groups is 1. The van der Waals surface area contributed by atoms with Crippen LogP contribution >= 0.6 is 0 Å². The number of rotatable bonds is 6. The average Bonchev–Trinajstić information content (AvgIpc) is 2.96. The molecule has 0 amide bonds. The number of aryl methyl sites for hydroxylation is 1. The Kier molecular flexibility index (Phi) is 5.12. The fourth-order valence-corrected chi connectivity index (χ4v) is 6.14. The van der Waals surface area contributed by atoms with E-state index >= 15 is 0 Å². The number of Topliss-reactive ketones (excluding diaryl/α,β-unsaturated/α-hetero) is 1. The number of ketones is 1. The molecule has 0 N–H and O–H groups in total. The standard InChI is InChI=1S/C24H34O2/c1-3-4-5-6-15-26-18-8-10-19-17(16-18)7-9-21-20(19)13-14-24(2)22(21)11-12-23(24)25/h8,10,16,20-22H,3-7,9,11-15H2,1-2H3/t20-,21+,22-,24-/m0/s1. The lowest BCUT2D eigenvalue weighted by molar-refractivity contribution is -0.129. The van der Waals surface area contributed by atoms with Crippen LogP contribution in [0.2, 0.25) is 0 Å². The van der Waals surface area contributed by atoms with Crippen molar-refractivity contribution in [3.63, 3.8) is 0 Å². The third kappa shape index (κ3) is 3.10. The van der Waals surface area contributed by atoms with Crippen molar-refractivity contribution in [1.29, 1.82) is 0 Å². The molecular formula is C24H34O2. The molecule has 0 aliphatic heterocycles. The van der Waals surface area contributed by atoms with E-state index in [-0.39, 0.29) is 5.41 Å². The van der Waals surface area contributed by atoms with Gasteiger partial charge in [-0.1, -0.05) is 39.2 Å². The third-order valence-corrected chi connectivity index (χ3v) is 7.67. The summed E-state index contributed by atoms with van der Waals surface area (Å²) < 4.78 is 6.01. The smallest absolute Gasteiger partial charge is 0.139 e. The molecule has 1 aromatic rings. The summed E-state index contributed by atoms with van der Waals surface area (Å²) in [5.74, 6) is 3.60. The summed E-state index contributed by atoms with van der Waals surface area (Å²) in [6, 6.07) is 6.83. The Labute approximate surface area is 158 Å². The molecule has 0 radical (unpaired) electrons. The molecule has 4 atom stereocenters. The van der Waals surface area contributed by atoms with Crippen molar-refractivity contribution in [2.45, 2.75) is 84.0 Å². The first-order chi connectivity index (χ1) is 12.6. The van der Waals surface area contributed by atoms with Crippen LogP contribution in [-0.2, 0) is 11.2 Å². The van der Waals surface area contributed by atoms with Crippen LogP contribution in [0.15, 0.2) is 18.2 Å². The van der Waals surface area contributed by atoms with Crippen LogP contribution in [0.1, 0.15) is 88.7 Å². The van der Waals surface area contributed by atoms with Gasteiger partial charge in [0.15, 0.2) is 0 Å². The molecule has 0 bridgehead atoms. The number of unbranched alkanes of at least 4 members (excludes halogenated alkanes) is 3. The summed E-state index contributed by atoms with van der Waals surface area (Å²) in [6.45, 7) is 5.34. The second-order valence-corrected chi connectivity index (χ2v) is 9.10. The van der Waals surface area contributed by atoms with Crippen molar-refractivity contribution in [3.05, 3.63) is 29.3 Å². The van der Waals surface area contributed by atoms with Crippen LogP contribution in [0, 0.1) is 17.3 Å². The second-order valence-electron chi connectivity index (χ2n) is 9.10. The lowest BCUT2D eigenvalue weighted by atomic mass is 9.55. The highest BCUT2D eigenvalue weighted by molar-refractivity contribution is 5.87. The van der Waals surface area contributed by atoms with Gasteiger partial charge in [0, 0.05) is 11.8 Å². The zero-order valence-electron chi connectivity index (χ0n) is 16.6. The molecule has 0 saturated heterocycles. The first kappa shape index (κ1) is 18.1. The number of hydrogen-bond acceptors (Lipinski definition) is 2. The molecule has 0 spiro atoms. The molecule has 3 aliphatic rings. The molecule has 1 aromatic carbocycles. The van der Waals surface area contributed by atoms with E-state index in [9.17, 15) is 4.79 Å². The van der Waals surface area contributed by atoms with Crippen LogP contribution in [0.4, 0.5) is 0 Å². The minimum atomic E-state index is -0.0137. The maximum absolute atomic E-state index is 12.4. The zero-order valence-corrected chi connectivity index (χ0v) is 16.6. The van der Waals surface area contributed by atoms with E-state index in [0.29, 0.717) is 23.5 Å². The molecule has 0 aromatic heterocycles. The molecule has 3 aliphatic carbocycles. The topological polar surface area (TPSA) is 26.3 Å². The van der Waals surface area contributed by atoms with Crippen LogP contribution in [0.3, 0.4) is 0 Å². The van der Waals surface area contributed by atoms with Crippen molar-refractivity contribution >= 4 is 5.78 Å². The van der Waals surface area contributed by atoms with Crippen molar-refractivity contribution in [1.82, 2.24) is 0 Å². The van der Waals surface area contributed by atoms with Gasteiger partial charge in [0.05, 0.1) is 6.61 Å². The van der Waals surface area contributed by atoms with Gasteiger partial charge in [0.1, 0.15) is 11.5 Å². The van der Waals surface area contributed by atoms with Crippen LogP contribution in [0.5, 0.6) is 5.75 Å². The van der Waals surface area contributed by atoms with Crippen molar-refractivity contribution < 1.29 is 9.53 Å². The van der Waals surface area contributed by atoms with Gasteiger partial charge in [0.25, 0.3) is 0 Å². The summed E-state index contributed by atoms with van der Waals surface area (Å²) in [7, 11) is 0. The minimum Gasteiger partial charge on any atom is -0.494 e. The number of hydrogen-bond donors (Lipinski definition) is 0. The first-order valence-corrected chi connectivity index (χ1v) is 10.9. The van der Waals surface area contributed by atoms with Gasteiger partial charge >= 0.3 is 0 Å². The zero-order chi connectivity index (χ0) is 18.1. The van der Waals surface area contributed by atoms with Gasteiger partial charge in [-0.05, 0) is 79.5 Å². The summed E-state index contributed by atoms with van der Waals surface area (Å²) in [5.41, 5.74) is 3.05. The van der Waals surface area contributed by atoms with Gasteiger partial charge < -0.3 is 4.74 Å². The minimum absolute atomic E-state index is 0.0137. The first-order valence-electron chi connectivity index (χ1n) is 10.9. The molecule has 4 rings (SSSR count). The Balaban J connectivity index is 1.45. The van der Waals surface area contributed by atoms with Crippen molar-refractivity contribution in [2.24, 2.45) is 17.3 Å². The highest BCUT2D eigenvalue weighted by atomic mass is 16.5. The van der Waals surface area contributed by atoms with E-state index in [0.717, 1.165) is 44.5 Å². The van der Waals surface area contributed by atoms with Crippen LogP contribution in [-0.4, -0.2) is 12.4 Å². The van der Waals surface area contributed by atoms with E-state index in [1.165, 1.54) is 37.7 Å². The normalized spacial score (nSPS) is 32.7. The number of carbonyl (C=O) groups excluding carboxylic acids is 1. The fraction of sp³-hybridized carbons (Fsp3) is 0.708. The summed E-state index contributed by atoms with van der Waals surface area (Å²) in [6.07, 6.45) is 11.6. The molecule has 0 heterocycles. The van der Waals surface area contributed by atoms with E-state index in [1.807, 2.05) is 0 Å². The van der Waals surface area contributed by atoms with Gasteiger partial charge in [-0.3, -0.25) is 4.79 Å². The SMILES string of the molecule is CCCCCCOc1ccc2c(c1)CC[C@@H]1[C@H]2CC[C@]2(C)C(=O)CC[C@@H]12. The Morgan fingerprint density at radius 1 is 1.12 bits per heavy atom. The predicted octanol–water partition coefficient (Wildman–Crippen LogP) is 6.07. The number of ether oxygens (including phenoxy) is 1. The molecule has 2 fully saturated rings. The maximum atomic E-state index is 12.4. The molecule has 2 nitrogen and oxygen atoms in total. The molecule has 2 heteroatoms. The van der Waals surface area contributed by atoms with Gasteiger partial charge in [-0.15, -0.1) is 0 Å². The Hall–Kier alpha value is -1.31. The van der Waals surface area contributed by atoms with Crippen molar-refractivity contribution in [3.8, 4) is 5.75 Å². The quantitative estimate of drug-likeness (QED) is 0.579. The van der Waals surface area contributed by atoms with E-state index < -0.39 is 0 Å². The highest BCUT2D eigenvalue weighted by Gasteiger charge is 2.54. The second kappa shape index (κ2) is 7.37. The molecular weight excluding hydrogens is 320 g/mol. The molecule has 142 valence electrons. The monoisotopic (exact) mass is 354 g/mol. The average molecular weight is 355 g/mol. The molecule has 0 unspecified atom stereocenters. The van der Waals surface area contributed by atoms with Crippen LogP contribution in [0.25, 0.3) is 0 Å². The summed E-state index contributed by atoms with van der Waals surface area (Å²) in [5, 5.41) is 0. The van der Waals surface area contributed by atoms with Gasteiger partial charge in [0.2, 0.25) is 0 Å². The van der Waals surface area contributed by atoms with Gasteiger partial charge in [-0.2, -0.15) is 0 Å². The largest absolute Gasteiger partial charge is 0.494 e. The highest BCUT2D eigenvalue weighted by Crippen LogP contribution is 2.59. The number of fused-ring (bicyclic) bond motifs is 5. The lowest BCUT2D eigenvalue weighted by Gasteiger charge is -2.48. The van der Waals surface area contributed by atoms with Crippen molar-refractivity contribution in [2.75, 3.05) is 6.61 Å². The van der Waals surface area contributed by atoms with E-state index in [1.54, 1.807) is 5.56 Å². The Morgan fingerprint density at radius 2 is 2.00 bits per heavy atom. The number of benzene rings is 1. The maximum Gasteiger partial charge on any atom is 0.139 e. The molecule has 26 heavy (non-hydrogen) atoms. The summed E-state index contributed by atoms with van der Waals surface area (Å²) >= 11 is 0. The molecule has 2 saturated carbocycles. The third-order valence-electron chi connectivity index (χ3n) is 7.67. The predicted molar refractivity (Wildman–Crippen MR) is 106 cm³/mol. The fourth-order valence-electron chi connectivity index (χ4n) is 6.14.